The Balaban J connectivity index is 0.000000325. The minimum Gasteiger partial charge on any atom is -0.543 e. The molecule has 0 atom stereocenters. The van der Waals surface area contributed by atoms with Gasteiger partial charge in [0.2, 0.25) is 8.32 Å². The molecule has 3 rings (SSSR count). The maximum Gasteiger partial charge on any atom is 0.250 e. The lowest BCUT2D eigenvalue weighted by Crippen LogP contribution is -2.40. The highest BCUT2D eigenvalue weighted by atomic mass is 79.9. The molecule has 0 saturated carbocycles. The van der Waals surface area contributed by atoms with Gasteiger partial charge in [-0.15, -0.1) is 0 Å². The first kappa shape index (κ1) is 36.1. The summed E-state index contributed by atoms with van der Waals surface area (Å²) in [5.74, 6) is -4.14. The number of carbonyl (C=O) groups excluding carboxylic acids is 1. The first-order chi connectivity index (χ1) is 18.2. The van der Waals surface area contributed by atoms with Gasteiger partial charge in [-0.1, -0.05) is 27.4 Å². The van der Waals surface area contributed by atoms with Crippen molar-refractivity contribution in [2.75, 3.05) is 0 Å². The third-order valence-electron chi connectivity index (χ3n) is 5.77. The molecule has 0 bridgehead atoms. The molecule has 0 aromatic heterocycles. The number of benzene rings is 3. The van der Waals surface area contributed by atoms with Gasteiger partial charge in [0.1, 0.15) is 40.7 Å². The molecule has 3 aromatic rings. The van der Waals surface area contributed by atoms with Gasteiger partial charge in [-0.25, -0.2) is 26.3 Å². The fraction of sp³-hybridized carbons (Fsp3) is 0.250. The van der Waals surface area contributed by atoms with Crippen molar-refractivity contribution in [2.24, 2.45) is 0 Å². The maximum absolute atomic E-state index is 13.8. The van der Waals surface area contributed by atoms with E-state index in [9.17, 15) is 31.1 Å². The standard InChI is InChI=1S/C14H19BrF2OSi.C8H5BrF2O.C6H3BrF2/c1-9(18-19(5,6)14(2,3)4)10-7-11(15)13(17)8-12(10)16;1-4(12)5-2-6(9)8(11)3-7(5)10;7-5-2-1-4(8)3-6(5)9/h7-8H,1H2,2-6H3;2-3H,1H3;1-3H. The number of hydrogen-bond acceptors (Lipinski definition) is 2. The summed E-state index contributed by atoms with van der Waals surface area (Å²) in [6, 6.07) is 7.34. The van der Waals surface area contributed by atoms with E-state index < -0.39 is 49.0 Å². The predicted octanol–water partition coefficient (Wildman–Crippen LogP) is 11.4. The van der Waals surface area contributed by atoms with Crippen LogP contribution < -0.4 is 0 Å². The molecule has 0 N–H and O–H groups in total. The van der Waals surface area contributed by atoms with E-state index in [2.05, 4.69) is 88.2 Å². The molecule has 0 fully saturated rings. The molecule has 0 aliphatic carbocycles. The SMILES string of the molecule is C=C(O[Si](C)(C)C(C)(C)C)c1cc(Br)c(F)cc1F.CC(=O)c1cc(Br)c(F)cc1F.Fc1ccc(Br)c(F)c1. The van der Waals surface area contributed by atoms with Gasteiger partial charge >= 0.3 is 0 Å². The zero-order chi connectivity index (χ0) is 31.2. The number of ketones is 1. The number of Topliss-reactive ketones (excluding diaryl/α,β-unsaturated/α-hetero) is 1. The number of hydrogen-bond donors (Lipinski definition) is 0. The topological polar surface area (TPSA) is 26.3 Å². The van der Waals surface area contributed by atoms with Crippen molar-refractivity contribution in [3.8, 4) is 0 Å². The second kappa shape index (κ2) is 14.8. The molecule has 0 unspecified atom stereocenters. The van der Waals surface area contributed by atoms with Crippen LogP contribution in [0.4, 0.5) is 26.3 Å². The average molecular weight is 777 g/mol. The molecule has 0 radical (unpaired) electrons. The van der Waals surface area contributed by atoms with Crippen molar-refractivity contribution in [1.82, 2.24) is 0 Å². The first-order valence-corrected chi connectivity index (χ1v) is 16.8. The summed E-state index contributed by atoms with van der Waals surface area (Å²) in [5.41, 5.74) is 0.0846. The highest BCUT2D eigenvalue weighted by Gasteiger charge is 2.39. The third kappa shape index (κ3) is 10.5. The molecule has 0 saturated heterocycles. The van der Waals surface area contributed by atoms with E-state index in [0.717, 1.165) is 18.2 Å². The second-order valence-corrected chi connectivity index (χ2v) is 17.2. The summed E-state index contributed by atoms with van der Waals surface area (Å²) in [6.45, 7) is 15.4. The molecule has 40 heavy (non-hydrogen) atoms. The fourth-order valence-electron chi connectivity index (χ4n) is 2.52. The maximum atomic E-state index is 13.8. The van der Waals surface area contributed by atoms with Crippen molar-refractivity contribution in [3.63, 3.8) is 0 Å². The summed E-state index contributed by atoms with van der Waals surface area (Å²) >= 11 is 8.78. The van der Waals surface area contributed by atoms with Gasteiger partial charge in [-0.2, -0.15) is 0 Å². The van der Waals surface area contributed by atoms with E-state index in [1.807, 2.05) is 0 Å². The van der Waals surface area contributed by atoms with Crippen LogP contribution in [0, 0.1) is 34.9 Å². The van der Waals surface area contributed by atoms with E-state index in [-0.39, 0.29) is 35.3 Å². The normalized spacial score (nSPS) is 11.1. The Morgan fingerprint density at radius 1 is 0.725 bits per heavy atom. The van der Waals surface area contributed by atoms with Crippen LogP contribution in [0.15, 0.2) is 62.5 Å². The predicted molar refractivity (Wildman–Crippen MR) is 159 cm³/mol. The zero-order valence-electron chi connectivity index (χ0n) is 22.5. The van der Waals surface area contributed by atoms with Crippen molar-refractivity contribution in [2.45, 2.75) is 45.8 Å². The van der Waals surface area contributed by atoms with Crippen LogP contribution in [0.1, 0.15) is 43.6 Å². The molecule has 218 valence electrons. The van der Waals surface area contributed by atoms with E-state index in [4.69, 9.17) is 4.43 Å². The van der Waals surface area contributed by atoms with Gasteiger partial charge in [-0.3, -0.25) is 4.79 Å². The van der Waals surface area contributed by atoms with Crippen molar-refractivity contribution < 1.29 is 35.6 Å². The Morgan fingerprint density at radius 3 is 1.55 bits per heavy atom. The summed E-state index contributed by atoms with van der Waals surface area (Å²) in [7, 11) is -2.08. The van der Waals surface area contributed by atoms with Crippen LogP contribution in [-0.4, -0.2) is 14.1 Å². The van der Waals surface area contributed by atoms with Gasteiger partial charge in [0.05, 0.1) is 24.5 Å². The summed E-state index contributed by atoms with van der Waals surface area (Å²) in [5, 5.41) is -0.0102. The van der Waals surface area contributed by atoms with Crippen LogP contribution in [0.2, 0.25) is 18.1 Å². The lowest BCUT2D eigenvalue weighted by atomic mass is 10.1. The lowest BCUT2D eigenvalue weighted by molar-refractivity contribution is 0.101. The molecular formula is C28H27Br3F6O2Si. The average Bonchev–Trinajstić information content (AvgIpc) is 2.81. The Morgan fingerprint density at radius 2 is 1.15 bits per heavy atom. The van der Waals surface area contributed by atoms with Crippen molar-refractivity contribution in [1.29, 1.82) is 0 Å². The molecule has 0 aliphatic rings. The van der Waals surface area contributed by atoms with E-state index in [0.29, 0.717) is 6.07 Å². The smallest absolute Gasteiger partial charge is 0.250 e. The highest BCUT2D eigenvalue weighted by Crippen LogP contribution is 2.39. The highest BCUT2D eigenvalue weighted by molar-refractivity contribution is 9.11. The second-order valence-electron chi connectivity index (χ2n) is 9.89. The van der Waals surface area contributed by atoms with E-state index >= 15 is 0 Å². The van der Waals surface area contributed by atoms with Gasteiger partial charge < -0.3 is 4.43 Å². The lowest BCUT2D eigenvalue weighted by Gasteiger charge is -2.37. The van der Waals surface area contributed by atoms with Crippen LogP contribution in [0.25, 0.3) is 5.76 Å². The first-order valence-electron chi connectivity index (χ1n) is 11.5. The van der Waals surface area contributed by atoms with Crippen molar-refractivity contribution >= 4 is 67.6 Å². The Labute approximate surface area is 256 Å². The van der Waals surface area contributed by atoms with Crippen molar-refractivity contribution in [3.05, 3.63) is 108 Å². The summed E-state index contributed by atoms with van der Waals surface area (Å²) < 4.78 is 83.3. The van der Waals surface area contributed by atoms with Gasteiger partial charge in [0, 0.05) is 18.2 Å². The minimum absolute atomic E-state index is 0.0102. The third-order valence-corrected chi connectivity index (χ3v) is 12.0. The largest absolute Gasteiger partial charge is 0.543 e. The fourth-order valence-corrected chi connectivity index (χ4v) is 4.48. The number of halogens is 9. The van der Waals surface area contributed by atoms with E-state index in [1.165, 1.54) is 25.1 Å². The van der Waals surface area contributed by atoms with Crippen LogP contribution in [0.3, 0.4) is 0 Å². The molecule has 0 amide bonds. The molecule has 2 nitrogen and oxygen atoms in total. The molecule has 12 heteroatoms. The number of carbonyl (C=O) groups is 1. The number of rotatable bonds is 4. The Kier molecular flexibility index (Phi) is 13.4. The quantitative estimate of drug-likeness (QED) is 0.0867. The molecular weight excluding hydrogens is 750 g/mol. The zero-order valence-corrected chi connectivity index (χ0v) is 28.2. The molecule has 0 spiro atoms. The van der Waals surface area contributed by atoms with Gasteiger partial charge in [-0.05, 0) is 97.1 Å². The molecule has 0 aliphatic heterocycles. The van der Waals surface area contributed by atoms with E-state index in [1.54, 1.807) is 0 Å². The minimum atomic E-state index is -2.08. The molecule has 3 aromatic carbocycles. The summed E-state index contributed by atoms with van der Waals surface area (Å²) in [6.07, 6.45) is 0. The Bertz CT molecular complexity index is 1390. The van der Waals surface area contributed by atoms with Crippen LogP contribution in [0.5, 0.6) is 0 Å². The van der Waals surface area contributed by atoms with Gasteiger partial charge in [0.25, 0.3) is 0 Å². The monoisotopic (exact) mass is 774 g/mol. The molecule has 0 heterocycles. The summed E-state index contributed by atoms with van der Waals surface area (Å²) in [4.78, 5) is 10.7. The van der Waals surface area contributed by atoms with Gasteiger partial charge in [0.15, 0.2) is 5.78 Å². The Hall–Kier alpha value is -1.89. The van der Waals surface area contributed by atoms with Crippen LogP contribution in [-0.2, 0) is 4.43 Å². The van der Waals surface area contributed by atoms with Crippen LogP contribution >= 0.6 is 47.8 Å².